The first-order valence-electron chi connectivity index (χ1n) is 7.56. The number of fused-ring (bicyclic) bond motifs is 3. The number of rotatable bonds is 1. The van der Waals surface area contributed by atoms with Crippen LogP contribution in [-0.4, -0.2) is 20.4 Å². The molecule has 4 heteroatoms. The lowest BCUT2D eigenvalue weighted by Crippen LogP contribution is -2.22. The number of carbonyl (C=O) groups is 1. The molecular weight excluding hydrogens is 274 g/mol. The number of hydrogen-bond donors (Lipinski definition) is 0. The molecule has 1 aromatic carbocycles. The molecule has 4 nitrogen and oxygen atoms in total. The average molecular weight is 291 g/mol. The molecule has 0 aliphatic heterocycles. The predicted molar refractivity (Wildman–Crippen MR) is 84.3 cm³/mol. The summed E-state index contributed by atoms with van der Waals surface area (Å²) in [4.78, 5) is 16.9. The van der Waals surface area contributed by atoms with Gasteiger partial charge in [0.25, 0.3) is 0 Å². The standard InChI is InChI=1S/C18H17N3O/c1-11-3-5-13(6-4-11)14-8-16-15(17(22)9-14)10-19-18-7-12(2)20-21(16)18/h3-7,10,14H,8-9H2,1-2H3. The minimum Gasteiger partial charge on any atom is -0.294 e. The number of benzene rings is 1. The van der Waals surface area contributed by atoms with Crippen molar-refractivity contribution in [3.05, 3.63) is 64.6 Å². The molecule has 0 N–H and O–H groups in total. The molecule has 0 bridgehead atoms. The van der Waals surface area contributed by atoms with Crippen LogP contribution < -0.4 is 0 Å². The molecule has 22 heavy (non-hydrogen) atoms. The van der Waals surface area contributed by atoms with Crippen LogP contribution in [-0.2, 0) is 6.42 Å². The van der Waals surface area contributed by atoms with Crippen molar-refractivity contribution in [3.63, 3.8) is 0 Å². The Labute approximate surface area is 128 Å². The van der Waals surface area contributed by atoms with Crippen LogP contribution in [0.15, 0.2) is 36.5 Å². The Balaban J connectivity index is 1.82. The van der Waals surface area contributed by atoms with Gasteiger partial charge in [0.2, 0.25) is 0 Å². The Bertz CT molecular complexity index is 877. The molecule has 1 aliphatic rings. The van der Waals surface area contributed by atoms with Crippen molar-refractivity contribution in [1.82, 2.24) is 14.6 Å². The van der Waals surface area contributed by atoms with Gasteiger partial charge in [-0.15, -0.1) is 0 Å². The van der Waals surface area contributed by atoms with Crippen LogP contribution in [0.1, 0.15) is 45.2 Å². The molecular formula is C18H17N3O. The number of carbonyl (C=O) groups excluding carboxylic acids is 1. The number of hydrogen-bond acceptors (Lipinski definition) is 3. The minimum atomic E-state index is 0.161. The summed E-state index contributed by atoms with van der Waals surface area (Å²) in [6.45, 7) is 4.02. The summed E-state index contributed by atoms with van der Waals surface area (Å²) in [5.74, 6) is 0.380. The van der Waals surface area contributed by atoms with Gasteiger partial charge in [0, 0.05) is 18.7 Å². The summed E-state index contributed by atoms with van der Waals surface area (Å²) in [5.41, 5.74) is 5.90. The maximum Gasteiger partial charge on any atom is 0.166 e. The van der Waals surface area contributed by atoms with Gasteiger partial charge in [0.15, 0.2) is 11.4 Å². The van der Waals surface area contributed by atoms with Crippen molar-refractivity contribution < 1.29 is 4.79 Å². The fourth-order valence-corrected chi connectivity index (χ4v) is 3.24. The van der Waals surface area contributed by atoms with Crippen molar-refractivity contribution in [2.45, 2.75) is 32.6 Å². The minimum absolute atomic E-state index is 0.161. The lowest BCUT2D eigenvalue weighted by molar-refractivity contribution is 0.0962. The Hall–Kier alpha value is -2.49. The Kier molecular flexibility index (Phi) is 2.86. The maximum atomic E-state index is 12.5. The second kappa shape index (κ2) is 4.77. The van der Waals surface area contributed by atoms with Gasteiger partial charge in [0.05, 0.1) is 17.0 Å². The first-order chi connectivity index (χ1) is 10.6. The quantitative estimate of drug-likeness (QED) is 0.691. The van der Waals surface area contributed by atoms with E-state index in [1.807, 2.05) is 17.5 Å². The van der Waals surface area contributed by atoms with E-state index < -0.39 is 0 Å². The van der Waals surface area contributed by atoms with E-state index in [0.29, 0.717) is 6.42 Å². The zero-order valence-electron chi connectivity index (χ0n) is 12.7. The van der Waals surface area contributed by atoms with Gasteiger partial charge < -0.3 is 0 Å². The summed E-state index contributed by atoms with van der Waals surface area (Å²) in [7, 11) is 0. The first kappa shape index (κ1) is 13.2. The number of aromatic nitrogens is 3. The molecule has 3 aromatic rings. The van der Waals surface area contributed by atoms with Crippen LogP contribution in [0.4, 0.5) is 0 Å². The maximum absolute atomic E-state index is 12.5. The molecule has 110 valence electrons. The summed E-state index contributed by atoms with van der Waals surface area (Å²) in [5, 5.41) is 4.51. The molecule has 1 aliphatic carbocycles. The third-order valence-corrected chi connectivity index (χ3v) is 4.43. The van der Waals surface area contributed by atoms with Crippen molar-refractivity contribution in [1.29, 1.82) is 0 Å². The van der Waals surface area contributed by atoms with E-state index in [-0.39, 0.29) is 11.7 Å². The third-order valence-electron chi connectivity index (χ3n) is 4.43. The second-order valence-electron chi connectivity index (χ2n) is 6.11. The third kappa shape index (κ3) is 2.03. The van der Waals surface area contributed by atoms with Crippen LogP contribution in [0, 0.1) is 13.8 Å². The highest BCUT2D eigenvalue weighted by atomic mass is 16.1. The van der Waals surface area contributed by atoms with Crippen LogP contribution in [0.5, 0.6) is 0 Å². The summed E-state index contributed by atoms with van der Waals surface area (Å²) in [6.07, 6.45) is 3.08. The molecule has 0 saturated heterocycles. The van der Waals surface area contributed by atoms with E-state index in [1.165, 1.54) is 11.1 Å². The van der Waals surface area contributed by atoms with Gasteiger partial charge in [-0.1, -0.05) is 29.8 Å². The van der Waals surface area contributed by atoms with Gasteiger partial charge in [-0.05, 0) is 31.7 Å². The first-order valence-corrected chi connectivity index (χ1v) is 7.56. The van der Waals surface area contributed by atoms with E-state index in [2.05, 4.69) is 41.3 Å². The van der Waals surface area contributed by atoms with Gasteiger partial charge in [0.1, 0.15) is 0 Å². The predicted octanol–water partition coefficient (Wildman–Crippen LogP) is 3.26. The lowest BCUT2D eigenvalue weighted by atomic mass is 9.82. The highest BCUT2D eigenvalue weighted by Crippen LogP contribution is 2.32. The molecule has 0 amide bonds. The van der Waals surface area contributed by atoms with Crippen molar-refractivity contribution >= 4 is 11.4 Å². The Morgan fingerprint density at radius 2 is 1.91 bits per heavy atom. The topological polar surface area (TPSA) is 47.3 Å². The number of Topliss-reactive ketones (excluding diaryl/α,β-unsaturated/α-hetero) is 1. The zero-order valence-corrected chi connectivity index (χ0v) is 12.7. The highest BCUT2D eigenvalue weighted by molar-refractivity contribution is 5.98. The molecule has 1 unspecified atom stereocenters. The highest BCUT2D eigenvalue weighted by Gasteiger charge is 2.28. The summed E-state index contributed by atoms with van der Waals surface area (Å²) < 4.78 is 1.84. The van der Waals surface area contributed by atoms with E-state index in [0.717, 1.165) is 29.0 Å². The molecule has 1 atom stereocenters. The molecule has 2 aromatic heterocycles. The van der Waals surface area contributed by atoms with Crippen LogP contribution in [0.25, 0.3) is 5.65 Å². The van der Waals surface area contributed by atoms with Crippen molar-refractivity contribution in [2.24, 2.45) is 0 Å². The largest absolute Gasteiger partial charge is 0.294 e. The van der Waals surface area contributed by atoms with Crippen molar-refractivity contribution in [2.75, 3.05) is 0 Å². The monoisotopic (exact) mass is 291 g/mol. The fraction of sp³-hybridized carbons (Fsp3) is 0.278. The Morgan fingerprint density at radius 1 is 1.14 bits per heavy atom. The fourth-order valence-electron chi connectivity index (χ4n) is 3.24. The Morgan fingerprint density at radius 3 is 2.68 bits per heavy atom. The molecule has 4 rings (SSSR count). The number of nitrogens with zero attached hydrogens (tertiary/aromatic N) is 3. The second-order valence-corrected chi connectivity index (χ2v) is 6.11. The van der Waals surface area contributed by atoms with E-state index in [4.69, 9.17) is 0 Å². The average Bonchev–Trinajstić information content (AvgIpc) is 2.88. The zero-order chi connectivity index (χ0) is 15.3. The van der Waals surface area contributed by atoms with E-state index in [9.17, 15) is 4.79 Å². The van der Waals surface area contributed by atoms with Gasteiger partial charge in [-0.2, -0.15) is 5.10 Å². The van der Waals surface area contributed by atoms with Gasteiger partial charge >= 0.3 is 0 Å². The number of ketones is 1. The SMILES string of the molecule is Cc1ccc(C2CC(=O)c3cnc4cc(C)nn4c3C2)cc1. The molecule has 0 fully saturated rings. The van der Waals surface area contributed by atoms with Crippen LogP contribution >= 0.6 is 0 Å². The van der Waals surface area contributed by atoms with Crippen LogP contribution in [0.2, 0.25) is 0 Å². The molecule has 2 heterocycles. The van der Waals surface area contributed by atoms with Crippen molar-refractivity contribution in [3.8, 4) is 0 Å². The number of aryl methyl sites for hydroxylation is 2. The smallest absolute Gasteiger partial charge is 0.166 e. The van der Waals surface area contributed by atoms with Gasteiger partial charge in [-0.3, -0.25) is 4.79 Å². The van der Waals surface area contributed by atoms with Crippen LogP contribution in [0.3, 0.4) is 0 Å². The molecule has 0 saturated carbocycles. The molecule has 0 radical (unpaired) electrons. The lowest BCUT2D eigenvalue weighted by Gasteiger charge is -2.24. The van der Waals surface area contributed by atoms with Gasteiger partial charge in [-0.25, -0.2) is 9.50 Å². The summed E-state index contributed by atoms with van der Waals surface area (Å²) >= 11 is 0. The van der Waals surface area contributed by atoms with E-state index >= 15 is 0 Å². The normalized spacial score (nSPS) is 17.7. The van der Waals surface area contributed by atoms with E-state index in [1.54, 1.807) is 6.20 Å². The summed E-state index contributed by atoms with van der Waals surface area (Å²) in [6, 6.07) is 10.4. The molecule has 0 spiro atoms.